The molecule has 0 bridgehead atoms. The van der Waals surface area contributed by atoms with Crippen molar-refractivity contribution in [3.8, 4) is 16.9 Å². The summed E-state index contributed by atoms with van der Waals surface area (Å²) in [5.41, 5.74) is 9.99. The number of rotatable bonds is 3. The summed E-state index contributed by atoms with van der Waals surface area (Å²) in [6, 6.07) is 12.0. The summed E-state index contributed by atoms with van der Waals surface area (Å²) in [4.78, 5) is 0. The number of aryl methyl sites for hydroxylation is 1. The molecule has 0 radical (unpaired) electrons. The summed E-state index contributed by atoms with van der Waals surface area (Å²) < 4.78 is 5.26. The summed E-state index contributed by atoms with van der Waals surface area (Å²) in [7, 11) is 1.68. The van der Waals surface area contributed by atoms with E-state index in [1.165, 1.54) is 0 Å². The van der Waals surface area contributed by atoms with Crippen molar-refractivity contribution in [2.24, 2.45) is 5.73 Å². The van der Waals surface area contributed by atoms with E-state index in [-0.39, 0.29) is 0 Å². The first-order valence-electron chi connectivity index (χ1n) is 5.79. The van der Waals surface area contributed by atoms with E-state index in [1.54, 1.807) is 7.11 Å². The fourth-order valence-corrected chi connectivity index (χ4v) is 2.16. The molecule has 94 valence electrons. The standard InChI is InChI=1S/C15H16ClNO/c1-10-7-11(4-6-15(10)18-2)12-3-5-14(16)13(8-12)9-17/h3-8H,9,17H2,1-2H3. The molecule has 0 aliphatic rings. The first-order valence-corrected chi connectivity index (χ1v) is 6.17. The highest BCUT2D eigenvalue weighted by atomic mass is 35.5. The lowest BCUT2D eigenvalue weighted by atomic mass is 10.0. The summed E-state index contributed by atoms with van der Waals surface area (Å²) in [5.74, 6) is 0.895. The highest BCUT2D eigenvalue weighted by Gasteiger charge is 2.05. The van der Waals surface area contributed by atoms with Crippen LogP contribution in [-0.2, 0) is 6.54 Å². The molecule has 2 N–H and O–H groups in total. The summed E-state index contributed by atoms with van der Waals surface area (Å²) in [6.07, 6.45) is 0. The Labute approximate surface area is 112 Å². The zero-order valence-electron chi connectivity index (χ0n) is 10.5. The molecular formula is C15H16ClNO. The SMILES string of the molecule is COc1ccc(-c2ccc(Cl)c(CN)c2)cc1C. The predicted molar refractivity (Wildman–Crippen MR) is 76.1 cm³/mol. The number of hydrogen-bond donors (Lipinski definition) is 1. The van der Waals surface area contributed by atoms with Crippen LogP contribution in [0.2, 0.25) is 5.02 Å². The molecule has 0 atom stereocenters. The van der Waals surface area contributed by atoms with E-state index in [0.717, 1.165) is 28.0 Å². The second kappa shape index (κ2) is 5.42. The Morgan fingerprint density at radius 2 is 1.78 bits per heavy atom. The number of hydrogen-bond acceptors (Lipinski definition) is 2. The van der Waals surface area contributed by atoms with Gasteiger partial charge in [0, 0.05) is 11.6 Å². The van der Waals surface area contributed by atoms with Crippen molar-refractivity contribution < 1.29 is 4.74 Å². The Morgan fingerprint density at radius 1 is 1.11 bits per heavy atom. The van der Waals surface area contributed by atoms with Gasteiger partial charge in [0.25, 0.3) is 0 Å². The molecule has 0 spiro atoms. The molecule has 0 unspecified atom stereocenters. The van der Waals surface area contributed by atoms with Crippen molar-refractivity contribution in [1.82, 2.24) is 0 Å². The van der Waals surface area contributed by atoms with Crippen LogP contribution in [0.25, 0.3) is 11.1 Å². The van der Waals surface area contributed by atoms with Crippen molar-refractivity contribution in [2.75, 3.05) is 7.11 Å². The van der Waals surface area contributed by atoms with Crippen molar-refractivity contribution in [1.29, 1.82) is 0 Å². The van der Waals surface area contributed by atoms with Crippen LogP contribution in [0.4, 0.5) is 0 Å². The molecule has 18 heavy (non-hydrogen) atoms. The van der Waals surface area contributed by atoms with E-state index in [1.807, 2.05) is 37.3 Å². The molecule has 2 aromatic carbocycles. The van der Waals surface area contributed by atoms with Gasteiger partial charge in [-0.3, -0.25) is 0 Å². The highest BCUT2D eigenvalue weighted by molar-refractivity contribution is 6.31. The van der Waals surface area contributed by atoms with Gasteiger partial charge in [0.05, 0.1) is 7.11 Å². The van der Waals surface area contributed by atoms with Gasteiger partial charge in [0.15, 0.2) is 0 Å². The van der Waals surface area contributed by atoms with E-state index < -0.39 is 0 Å². The monoisotopic (exact) mass is 261 g/mol. The Kier molecular flexibility index (Phi) is 3.90. The summed E-state index contributed by atoms with van der Waals surface area (Å²) >= 11 is 6.06. The van der Waals surface area contributed by atoms with Gasteiger partial charge in [-0.15, -0.1) is 0 Å². The van der Waals surface area contributed by atoms with Crippen molar-refractivity contribution in [3.63, 3.8) is 0 Å². The van der Waals surface area contributed by atoms with E-state index in [9.17, 15) is 0 Å². The largest absolute Gasteiger partial charge is 0.496 e. The minimum absolute atomic E-state index is 0.446. The number of ether oxygens (including phenoxy) is 1. The maximum absolute atomic E-state index is 6.06. The second-order valence-electron chi connectivity index (χ2n) is 4.19. The number of halogens is 1. The van der Waals surface area contributed by atoms with Crippen molar-refractivity contribution in [2.45, 2.75) is 13.5 Å². The van der Waals surface area contributed by atoms with Crippen molar-refractivity contribution in [3.05, 3.63) is 52.5 Å². The Morgan fingerprint density at radius 3 is 2.39 bits per heavy atom. The third kappa shape index (κ3) is 2.50. The van der Waals surface area contributed by atoms with Crippen LogP contribution in [0.1, 0.15) is 11.1 Å². The zero-order chi connectivity index (χ0) is 13.1. The Bertz CT molecular complexity index is 566. The summed E-state index contributed by atoms with van der Waals surface area (Å²) in [5, 5.41) is 0.714. The topological polar surface area (TPSA) is 35.2 Å². The van der Waals surface area contributed by atoms with Gasteiger partial charge in [0.1, 0.15) is 5.75 Å². The van der Waals surface area contributed by atoms with Gasteiger partial charge >= 0.3 is 0 Å². The quantitative estimate of drug-likeness (QED) is 0.913. The Hall–Kier alpha value is -1.51. The molecule has 0 aliphatic heterocycles. The molecule has 0 heterocycles. The minimum atomic E-state index is 0.446. The molecular weight excluding hydrogens is 246 g/mol. The first kappa shape index (κ1) is 12.9. The van der Waals surface area contributed by atoms with Crippen LogP contribution in [0, 0.1) is 6.92 Å². The molecule has 3 heteroatoms. The summed E-state index contributed by atoms with van der Waals surface area (Å²) in [6.45, 7) is 2.48. The molecule has 0 amide bonds. The predicted octanol–water partition coefficient (Wildman–Crippen LogP) is 3.78. The molecule has 2 nitrogen and oxygen atoms in total. The molecule has 0 aliphatic carbocycles. The minimum Gasteiger partial charge on any atom is -0.496 e. The van der Waals surface area contributed by atoms with Gasteiger partial charge in [-0.05, 0) is 53.4 Å². The average Bonchev–Trinajstić information content (AvgIpc) is 2.39. The molecule has 2 rings (SSSR count). The lowest BCUT2D eigenvalue weighted by Gasteiger charge is -2.09. The third-order valence-electron chi connectivity index (χ3n) is 2.99. The molecule has 0 fully saturated rings. The first-order chi connectivity index (χ1) is 8.65. The van der Waals surface area contributed by atoms with Crippen LogP contribution in [0.5, 0.6) is 5.75 Å². The van der Waals surface area contributed by atoms with Gasteiger partial charge in [0.2, 0.25) is 0 Å². The van der Waals surface area contributed by atoms with E-state index in [0.29, 0.717) is 11.6 Å². The maximum atomic E-state index is 6.06. The Balaban J connectivity index is 2.45. The van der Waals surface area contributed by atoms with Crippen LogP contribution in [-0.4, -0.2) is 7.11 Å². The van der Waals surface area contributed by atoms with E-state index >= 15 is 0 Å². The maximum Gasteiger partial charge on any atom is 0.121 e. The normalized spacial score (nSPS) is 10.4. The lowest BCUT2D eigenvalue weighted by molar-refractivity contribution is 0.412. The highest BCUT2D eigenvalue weighted by Crippen LogP contribution is 2.28. The number of methoxy groups -OCH3 is 1. The van der Waals surface area contributed by atoms with Gasteiger partial charge < -0.3 is 10.5 Å². The number of benzene rings is 2. The second-order valence-corrected chi connectivity index (χ2v) is 4.60. The lowest BCUT2D eigenvalue weighted by Crippen LogP contribution is -1.97. The zero-order valence-corrected chi connectivity index (χ0v) is 11.3. The smallest absolute Gasteiger partial charge is 0.121 e. The average molecular weight is 262 g/mol. The van der Waals surface area contributed by atoms with E-state index in [2.05, 4.69) is 6.07 Å². The van der Waals surface area contributed by atoms with Crippen molar-refractivity contribution >= 4 is 11.6 Å². The number of nitrogens with two attached hydrogens (primary N) is 1. The fourth-order valence-electron chi connectivity index (χ4n) is 1.97. The van der Waals surface area contributed by atoms with Crippen LogP contribution in [0.3, 0.4) is 0 Å². The third-order valence-corrected chi connectivity index (χ3v) is 3.36. The molecule has 0 saturated carbocycles. The van der Waals surface area contributed by atoms with Crippen LogP contribution in [0.15, 0.2) is 36.4 Å². The van der Waals surface area contributed by atoms with Gasteiger partial charge in [-0.2, -0.15) is 0 Å². The van der Waals surface area contributed by atoms with Crippen LogP contribution >= 0.6 is 11.6 Å². The van der Waals surface area contributed by atoms with E-state index in [4.69, 9.17) is 22.1 Å². The molecule has 2 aromatic rings. The van der Waals surface area contributed by atoms with Crippen LogP contribution < -0.4 is 10.5 Å². The van der Waals surface area contributed by atoms with Gasteiger partial charge in [-0.1, -0.05) is 23.7 Å². The molecule has 0 aromatic heterocycles. The fraction of sp³-hybridized carbons (Fsp3) is 0.200. The van der Waals surface area contributed by atoms with Gasteiger partial charge in [-0.25, -0.2) is 0 Å². The molecule has 0 saturated heterocycles.